The number of amides is 1. The highest BCUT2D eigenvalue weighted by atomic mass is 19.4. The van der Waals surface area contributed by atoms with E-state index in [2.05, 4.69) is 15.5 Å². The van der Waals surface area contributed by atoms with E-state index in [0.717, 1.165) is 11.6 Å². The van der Waals surface area contributed by atoms with Gasteiger partial charge in [-0.1, -0.05) is 66.7 Å². The molecule has 0 bridgehead atoms. The van der Waals surface area contributed by atoms with E-state index >= 15 is 0 Å². The van der Waals surface area contributed by atoms with Crippen molar-refractivity contribution >= 4 is 17.5 Å². The number of aromatic hydroxyl groups is 1. The maximum atomic E-state index is 13.4. The molecule has 1 aromatic heterocycles. The second kappa shape index (κ2) is 10.3. The van der Waals surface area contributed by atoms with Gasteiger partial charge in [-0.2, -0.15) is 18.3 Å². The predicted molar refractivity (Wildman–Crippen MR) is 140 cm³/mol. The number of benzene rings is 4. The molecular weight excluding hydrogens is 507 g/mol. The van der Waals surface area contributed by atoms with Crippen LogP contribution >= 0.6 is 0 Å². The van der Waals surface area contributed by atoms with Gasteiger partial charge in [0, 0.05) is 28.3 Å². The van der Waals surface area contributed by atoms with E-state index in [-0.39, 0.29) is 39.5 Å². The average molecular weight is 528 g/mol. The average Bonchev–Trinajstić information content (AvgIpc) is 3.41. The number of nitrogens with zero attached hydrogens (tertiary/aromatic N) is 1. The largest absolute Gasteiger partial charge is 0.507 e. The summed E-state index contributed by atoms with van der Waals surface area (Å²) in [6.45, 7) is 0. The minimum absolute atomic E-state index is 0.00483. The van der Waals surface area contributed by atoms with Crippen molar-refractivity contribution in [2.24, 2.45) is 0 Å². The zero-order valence-corrected chi connectivity index (χ0v) is 20.2. The fourth-order valence-corrected chi connectivity index (χ4v) is 4.23. The van der Waals surface area contributed by atoms with Crippen LogP contribution in [0.5, 0.6) is 5.75 Å². The topological polar surface area (TPSA) is 95.1 Å². The Morgan fingerprint density at radius 2 is 1.44 bits per heavy atom. The van der Waals surface area contributed by atoms with Gasteiger partial charge in [0.2, 0.25) is 0 Å². The monoisotopic (exact) mass is 527 g/mol. The van der Waals surface area contributed by atoms with Gasteiger partial charge in [-0.05, 0) is 35.9 Å². The Labute approximate surface area is 220 Å². The Morgan fingerprint density at radius 3 is 2.18 bits per heavy atom. The van der Waals surface area contributed by atoms with E-state index in [4.69, 9.17) is 0 Å². The minimum Gasteiger partial charge on any atom is -0.507 e. The quantitative estimate of drug-likeness (QED) is 0.208. The van der Waals surface area contributed by atoms with E-state index < -0.39 is 23.4 Å². The van der Waals surface area contributed by atoms with Crippen LogP contribution in [0.4, 0.5) is 19.0 Å². The van der Waals surface area contributed by atoms with E-state index in [0.29, 0.717) is 5.56 Å². The maximum absolute atomic E-state index is 13.4. The number of H-pyrrole nitrogens is 1. The second-order valence-corrected chi connectivity index (χ2v) is 8.64. The SMILES string of the molecule is O=C(Nc1cc(-c2ccccc2C(F)(F)F)[nH]n1)c1ccccc1C(=O)c1ccc(O)c(-c2ccccc2)c1. The first kappa shape index (κ1) is 25.5. The minimum atomic E-state index is -4.57. The molecule has 0 radical (unpaired) electrons. The summed E-state index contributed by atoms with van der Waals surface area (Å²) >= 11 is 0. The van der Waals surface area contributed by atoms with Gasteiger partial charge >= 0.3 is 6.18 Å². The third-order valence-electron chi connectivity index (χ3n) is 6.10. The molecule has 0 aliphatic heterocycles. The lowest BCUT2D eigenvalue weighted by molar-refractivity contribution is -0.137. The summed E-state index contributed by atoms with van der Waals surface area (Å²) in [5.41, 5.74) is 0.720. The van der Waals surface area contributed by atoms with Gasteiger partial charge in [-0.15, -0.1) is 0 Å². The lowest BCUT2D eigenvalue weighted by atomic mass is 9.94. The highest BCUT2D eigenvalue weighted by Gasteiger charge is 2.33. The van der Waals surface area contributed by atoms with Crippen LogP contribution in [0, 0.1) is 0 Å². The molecule has 9 heteroatoms. The zero-order valence-electron chi connectivity index (χ0n) is 20.2. The molecule has 0 aliphatic carbocycles. The Hall–Kier alpha value is -5.18. The van der Waals surface area contributed by atoms with Crippen molar-refractivity contribution < 1.29 is 27.9 Å². The normalized spacial score (nSPS) is 11.3. The fraction of sp³-hybridized carbons (Fsp3) is 0.0333. The molecule has 0 atom stereocenters. The number of aromatic nitrogens is 2. The first-order chi connectivity index (χ1) is 18.7. The number of halogens is 3. The smallest absolute Gasteiger partial charge is 0.417 e. The van der Waals surface area contributed by atoms with Gasteiger partial charge in [0.15, 0.2) is 11.6 Å². The number of hydrogen-bond donors (Lipinski definition) is 3. The number of hydrogen-bond acceptors (Lipinski definition) is 4. The molecule has 1 heterocycles. The van der Waals surface area contributed by atoms with Crippen LogP contribution in [0.1, 0.15) is 31.8 Å². The van der Waals surface area contributed by atoms with Crippen LogP contribution < -0.4 is 5.32 Å². The number of phenols is 1. The van der Waals surface area contributed by atoms with Crippen LogP contribution in [0.25, 0.3) is 22.4 Å². The predicted octanol–water partition coefficient (Wildman–Crippen LogP) is 6.95. The van der Waals surface area contributed by atoms with Gasteiger partial charge in [0.05, 0.1) is 16.8 Å². The van der Waals surface area contributed by atoms with Crippen molar-refractivity contribution in [2.45, 2.75) is 6.18 Å². The van der Waals surface area contributed by atoms with Crippen molar-refractivity contribution in [3.05, 3.63) is 125 Å². The summed E-state index contributed by atoms with van der Waals surface area (Å²) in [7, 11) is 0. The lowest BCUT2D eigenvalue weighted by Gasteiger charge is -2.11. The molecule has 0 spiro atoms. The summed E-state index contributed by atoms with van der Waals surface area (Å²) in [5.74, 6) is -1.11. The first-order valence-corrected chi connectivity index (χ1v) is 11.8. The van der Waals surface area contributed by atoms with Crippen LogP contribution in [-0.2, 0) is 6.18 Å². The first-order valence-electron chi connectivity index (χ1n) is 11.8. The summed E-state index contributed by atoms with van der Waals surface area (Å²) in [6, 6.07) is 26.0. The molecule has 39 heavy (non-hydrogen) atoms. The lowest BCUT2D eigenvalue weighted by Crippen LogP contribution is -2.17. The molecule has 5 rings (SSSR count). The Bertz CT molecular complexity index is 1680. The van der Waals surface area contributed by atoms with Crippen molar-refractivity contribution in [3.63, 3.8) is 0 Å². The molecule has 0 aliphatic rings. The number of alkyl halides is 3. The fourth-order valence-electron chi connectivity index (χ4n) is 4.23. The molecule has 6 nitrogen and oxygen atoms in total. The summed E-state index contributed by atoms with van der Waals surface area (Å²) in [4.78, 5) is 26.6. The van der Waals surface area contributed by atoms with Gasteiger partial charge in [-0.3, -0.25) is 14.7 Å². The molecule has 5 aromatic rings. The van der Waals surface area contributed by atoms with E-state index in [1.54, 1.807) is 30.3 Å². The molecule has 194 valence electrons. The number of carbonyl (C=O) groups excluding carboxylic acids is 2. The van der Waals surface area contributed by atoms with Gasteiger partial charge in [0.1, 0.15) is 5.75 Å². The number of rotatable bonds is 6. The van der Waals surface area contributed by atoms with Crippen LogP contribution in [0.15, 0.2) is 103 Å². The molecule has 0 saturated carbocycles. The molecule has 0 unspecified atom stereocenters. The maximum Gasteiger partial charge on any atom is 0.417 e. The van der Waals surface area contributed by atoms with Crippen LogP contribution in [-0.4, -0.2) is 27.0 Å². The molecular formula is C30H20F3N3O3. The van der Waals surface area contributed by atoms with Gasteiger partial charge < -0.3 is 10.4 Å². The van der Waals surface area contributed by atoms with Crippen molar-refractivity contribution in [1.29, 1.82) is 0 Å². The van der Waals surface area contributed by atoms with E-state index in [1.807, 2.05) is 18.2 Å². The molecule has 4 aromatic carbocycles. The molecule has 0 saturated heterocycles. The second-order valence-electron chi connectivity index (χ2n) is 8.64. The number of ketones is 1. The molecule has 1 amide bonds. The number of aromatic amines is 1. The van der Waals surface area contributed by atoms with Gasteiger partial charge in [-0.25, -0.2) is 0 Å². The number of phenolic OH excluding ortho intramolecular Hbond substituents is 1. The van der Waals surface area contributed by atoms with Crippen molar-refractivity contribution in [3.8, 4) is 28.1 Å². The number of nitrogens with one attached hydrogen (secondary N) is 2. The summed E-state index contributed by atoms with van der Waals surface area (Å²) in [5, 5.41) is 19.3. The van der Waals surface area contributed by atoms with Crippen LogP contribution in [0.2, 0.25) is 0 Å². The standard InChI is InChI=1S/C30H20F3N3O3/c31-30(32,33)24-13-7-6-12-22(24)25-17-27(36-35-25)34-29(39)21-11-5-4-10-20(21)28(38)19-14-15-26(37)23(16-19)18-8-2-1-3-9-18/h1-17,37H,(H2,34,35,36,39). The highest BCUT2D eigenvalue weighted by Crippen LogP contribution is 2.37. The van der Waals surface area contributed by atoms with Crippen molar-refractivity contribution in [1.82, 2.24) is 10.2 Å². The number of carbonyl (C=O) groups is 2. The van der Waals surface area contributed by atoms with Gasteiger partial charge in [0.25, 0.3) is 5.91 Å². The Morgan fingerprint density at radius 1 is 0.769 bits per heavy atom. The Kier molecular flexibility index (Phi) is 6.72. The van der Waals surface area contributed by atoms with Crippen LogP contribution in [0.3, 0.4) is 0 Å². The third kappa shape index (κ3) is 5.28. The zero-order chi connectivity index (χ0) is 27.6. The van der Waals surface area contributed by atoms with E-state index in [1.165, 1.54) is 48.5 Å². The Balaban J connectivity index is 1.42. The summed E-state index contributed by atoms with van der Waals surface area (Å²) in [6.07, 6.45) is -4.57. The third-order valence-corrected chi connectivity index (χ3v) is 6.10. The van der Waals surface area contributed by atoms with E-state index in [9.17, 15) is 27.9 Å². The van der Waals surface area contributed by atoms with Crippen molar-refractivity contribution in [2.75, 3.05) is 5.32 Å². The number of anilines is 1. The highest BCUT2D eigenvalue weighted by molar-refractivity contribution is 6.18. The molecule has 3 N–H and O–H groups in total. The summed E-state index contributed by atoms with van der Waals surface area (Å²) < 4.78 is 40.3. The molecule has 0 fully saturated rings.